The predicted molar refractivity (Wildman–Crippen MR) is 77.2 cm³/mol. The molecular weight excluding hydrogens is 259 g/mol. The number of alkyl halides is 1. The van der Waals surface area contributed by atoms with Gasteiger partial charge in [-0.2, -0.15) is 0 Å². The van der Waals surface area contributed by atoms with Gasteiger partial charge in [0.15, 0.2) is 0 Å². The molecular formula is C17H16ClF. The molecule has 98 valence electrons. The minimum atomic E-state index is -0.172. The van der Waals surface area contributed by atoms with Crippen LogP contribution in [0.2, 0.25) is 0 Å². The molecule has 0 N–H and O–H groups in total. The highest BCUT2D eigenvalue weighted by Gasteiger charge is 2.16. The zero-order valence-electron chi connectivity index (χ0n) is 10.7. The summed E-state index contributed by atoms with van der Waals surface area (Å²) in [5.74, 6) is -0.172. The molecule has 2 heteroatoms. The monoisotopic (exact) mass is 274 g/mol. The molecule has 0 radical (unpaired) electrons. The summed E-state index contributed by atoms with van der Waals surface area (Å²) in [6.07, 6.45) is 4.09. The largest absolute Gasteiger partial charge is 0.207 e. The summed E-state index contributed by atoms with van der Waals surface area (Å²) in [6, 6.07) is 13.3. The summed E-state index contributed by atoms with van der Waals surface area (Å²) < 4.78 is 13.6. The van der Waals surface area contributed by atoms with Crippen LogP contribution in [0.1, 0.15) is 34.1 Å². The maximum atomic E-state index is 13.6. The molecule has 1 aliphatic carbocycles. The summed E-state index contributed by atoms with van der Waals surface area (Å²) in [5.41, 5.74) is 4.64. The first kappa shape index (κ1) is 12.7. The van der Waals surface area contributed by atoms with Crippen molar-refractivity contribution in [1.29, 1.82) is 0 Å². The Morgan fingerprint density at radius 2 is 1.84 bits per heavy atom. The van der Waals surface area contributed by atoms with Crippen molar-refractivity contribution in [2.75, 3.05) is 0 Å². The quantitative estimate of drug-likeness (QED) is 0.703. The van der Waals surface area contributed by atoms with Crippen LogP contribution in [0.3, 0.4) is 0 Å². The molecule has 0 heterocycles. The van der Waals surface area contributed by atoms with Crippen molar-refractivity contribution in [3.63, 3.8) is 0 Å². The van der Waals surface area contributed by atoms with Crippen LogP contribution in [-0.2, 0) is 19.3 Å². The van der Waals surface area contributed by atoms with Crippen LogP contribution in [0.25, 0.3) is 0 Å². The van der Waals surface area contributed by atoms with Crippen LogP contribution in [0.15, 0.2) is 42.5 Å². The summed E-state index contributed by atoms with van der Waals surface area (Å²) in [7, 11) is 0. The highest BCUT2D eigenvalue weighted by molar-refractivity contribution is 6.20. The zero-order valence-corrected chi connectivity index (χ0v) is 11.5. The lowest BCUT2D eigenvalue weighted by molar-refractivity contribution is 0.607. The number of hydrogen-bond donors (Lipinski definition) is 0. The molecule has 2 aromatic rings. The van der Waals surface area contributed by atoms with Gasteiger partial charge in [-0.1, -0.05) is 36.4 Å². The Hall–Kier alpha value is -1.34. The van der Waals surface area contributed by atoms with E-state index in [0.29, 0.717) is 12.0 Å². The van der Waals surface area contributed by atoms with E-state index < -0.39 is 0 Å². The second-order valence-corrected chi connectivity index (χ2v) is 5.67. The van der Waals surface area contributed by atoms with Gasteiger partial charge in [0, 0.05) is 0 Å². The van der Waals surface area contributed by atoms with Gasteiger partial charge in [0.1, 0.15) is 5.82 Å². The number of fused-ring (bicyclic) bond motifs is 1. The number of benzene rings is 2. The molecule has 1 atom stereocenters. The summed E-state index contributed by atoms with van der Waals surface area (Å²) in [6.45, 7) is 0. The fraction of sp³-hybridized carbons (Fsp3) is 0.294. The van der Waals surface area contributed by atoms with Gasteiger partial charge in [0.25, 0.3) is 0 Å². The molecule has 2 aromatic carbocycles. The van der Waals surface area contributed by atoms with Gasteiger partial charge >= 0.3 is 0 Å². The zero-order chi connectivity index (χ0) is 13.2. The molecule has 0 nitrogen and oxygen atoms in total. The Bertz CT molecular complexity index is 592. The first-order valence-corrected chi connectivity index (χ1v) is 7.17. The van der Waals surface area contributed by atoms with Crippen LogP contribution in [-0.4, -0.2) is 0 Å². The van der Waals surface area contributed by atoms with Crippen LogP contribution < -0.4 is 0 Å². The van der Waals surface area contributed by atoms with E-state index in [4.69, 9.17) is 11.6 Å². The molecule has 1 aliphatic rings. The summed E-state index contributed by atoms with van der Waals surface area (Å²) >= 11 is 6.45. The van der Waals surface area contributed by atoms with E-state index in [1.54, 1.807) is 12.1 Å². The van der Waals surface area contributed by atoms with E-state index in [-0.39, 0.29) is 11.2 Å². The predicted octanol–water partition coefficient (Wildman–Crippen LogP) is 4.84. The SMILES string of the molecule is Fc1ccccc1CC(Cl)c1ccc2c(c1)CCC2. The molecule has 0 aliphatic heterocycles. The molecule has 1 unspecified atom stereocenters. The fourth-order valence-electron chi connectivity index (χ4n) is 2.76. The van der Waals surface area contributed by atoms with Crippen LogP contribution in [0.5, 0.6) is 0 Å². The number of halogens is 2. The maximum Gasteiger partial charge on any atom is 0.126 e. The van der Waals surface area contributed by atoms with Crippen molar-refractivity contribution in [1.82, 2.24) is 0 Å². The normalized spacial score (nSPS) is 15.3. The second kappa shape index (κ2) is 5.34. The van der Waals surface area contributed by atoms with Crippen molar-refractivity contribution in [3.8, 4) is 0 Å². The topological polar surface area (TPSA) is 0 Å². The molecule has 0 amide bonds. The van der Waals surface area contributed by atoms with Gasteiger partial charge < -0.3 is 0 Å². The Morgan fingerprint density at radius 1 is 1.05 bits per heavy atom. The lowest BCUT2D eigenvalue weighted by Gasteiger charge is -2.12. The minimum absolute atomic E-state index is 0.164. The van der Waals surface area contributed by atoms with Gasteiger partial charge in [-0.15, -0.1) is 11.6 Å². The number of hydrogen-bond acceptors (Lipinski definition) is 0. The molecule has 3 rings (SSSR count). The van der Waals surface area contributed by atoms with E-state index in [9.17, 15) is 4.39 Å². The van der Waals surface area contributed by atoms with Gasteiger partial charge in [-0.3, -0.25) is 0 Å². The highest BCUT2D eigenvalue weighted by Crippen LogP contribution is 2.30. The minimum Gasteiger partial charge on any atom is -0.207 e. The second-order valence-electron chi connectivity index (χ2n) is 5.14. The lowest BCUT2D eigenvalue weighted by atomic mass is 10.00. The molecule has 0 fully saturated rings. The molecule has 19 heavy (non-hydrogen) atoms. The van der Waals surface area contributed by atoms with Gasteiger partial charge in [-0.05, 0) is 54.0 Å². The van der Waals surface area contributed by atoms with Crippen LogP contribution in [0.4, 0.5) is 4.39 Å². The Labute approximate surface area is 118 Å². The van der Waals surface area contributed by atoms with E-state index >= 15 is 0 Å². The summed E-state index contributed by atoms with van der Waals surface area (Å²) in [4.78, 5) is 0. The van der Waals surface area contributed by atoms with Crippen molar-refractivity contribution in [2.45, 2.75) is 31.1 Å². The third kappa shape index (κ3) is 2.66. The average molecular weight is 275 g/mol. The third-order valence-corrected chi connectivity index (χ3v) is 4.25. The Balaban J connectivity index is 1.81. The first-order chi connectivity index (χ1) is 9.24. The van der Waals surface area contributed by atoms with Crippen molar-refractivity contribution < 1.29 is 4.39 Å². The van der Waals surface area contributed by atoms with E-state index in [2.05, 4.69) is 18.2 Å². The fourth-order valence-corrected chi connectivity index (χ4v) is 3.06. The van der Waals surface area contributed by atoms with E-state index in [1.165, 1.54) is 30.0 Å². The molecule has 0 aromatic heterocycles. The van der Waals surface area contributed by atoms with Gasteiger partial charge in [0.05, 0.1) is 5.38 Å². The first-order valence-electron chi connectivity index (χ1n) is 6.73. The smallest absolute Gasteiger partial charge is 0.126 e. The summed E-state index contributed by atoms with van der Waals surface area (Å²) in [5, 5.41) is -0.164. The van der Waals surface area contributed by atoms with E-state index in [0.717, 1.165) is 12.0 Å². The Morgan fingerprint density at radius 3 is 2.68 bits per heavy atom. The van der Waals surface area contributed by atoms with Crippen molar-refractivity contribution >= 4 is 11.6 Å². The third-order valence-electron chi connectivity index (χ3n) is 3.84. The average Bonchev–Trinajstić information content (AvgIpc) is 2.88. The van der Waals surface area contributed by atoms with Crippen LogP contribution >= 0.6 is 11.6 Å². The van der Waals surface area contributed by atoms with Crippen molar-refractivity contribution in [3.05, 3.63) is 70.5 Å². The molecule has 0 bridgehead atoms. The highest BCUT2D eigenvalue weighted by atomic mass is 35.5. The standard InChI is InChI=1S/C17H16ClF/c18-16(11-15-4-1-2-7-17(15)19)14-9-8-12-5-3-6-13(12)10-14/h1-2,4,7-10,16H,3,5-6,11H2. The van der Waals surface area contributed by atoms with Gasteiger partial charge in [-0.25, -0.2) is 4.39 Å². The molecule has 0 spiro atoms. The molecule has 0 saturated heterocycles. The lowest BCUT2D eigenvalue weighted by Crippen LogP contribution is -1.99. The maximum absolute atomic E-state index is 13.6. The molecule has 0 saturated carbocycles. The van der Waals surface area contributed by atoms with Gasteiger partial charge in [0.2, 0.25) is 0 Å². The number of rotatable bonds is 3. The Kier molecular flexibility index (Phi) is 3.56. The van der Waals surface area contributed by atoms with Crippen molar-refractivity contribution in [2.24, 2.45) is 0 Å². The van der Waals surface area contributed by atoms with E-state index in [1.807, 2.05) is 6.07 Å². The number of aryl methyl sites for hydroxylation is 2. The van der Waals surface area contributed by atoms with Crippen LogP contribution in [0, 0.1) is 5.82 Å².